The number of ether oxygens (including phenoxy) is 2. The fraction of sp³-hybridized carbons (Fsp3) is 0.147. The van der Waals surface area contributed by atoms with E-state index >= 15 is 0 Å². The number of benzene rings is 3. The van der Waals surface area contributed by atoms with Gasteiger partial charge in [0.15, 0.2) is 0 Å². The smallest absolute Gasteiger partial charge is 0.319 e. The number of anilines is 2. The van der Waals surface area contributed by atoms with Crippen LogP contribution in [0.5, 0.6) is 11.5 Å². The van der Waals surface area contributed by atoms with Crippen molar-refractivity contribution >= 4 is 63.3 Å². The molecular weight excluding hydrogens is 643 g/mol. The van der Waals surface area contributed by atoms with Gasteiger partial charge >= 0.3 is 6.03 Å². The second-order valence-corrected chi connectivity index (χ2v) is 11.1. The molecule has 0 saturated heterocycles. The first-order valence-electron chi connectivity index (χ1n) is 14.3. The molecule has 5 rings (SSSR count). The molecule has 0 radical (unpaired) electrons. The Kier molecular flexibility index (Phi) is 10.1. The van der Waals surface area contributed by atoms with Crippen molar-refractivity contribution in [2.75, 3.05) is 30.9 Å². The summed E-state index contributed by atoms with van der Waals surface area (Å²) in [7, 11) is 3.12. The minimum absolute atomic E-state index is 0.00794. The minimum atomic E-state index is -0.729. The van der Waals surface area contributed by atoms with Gasteiger partial charge in [0.25, 0.3) is 5.91 Å². The monoisotopic (exact) mass is 672 g/mol. The van der Waals surface area contributed by atoms with E-state index in [0.717, 1.165) is 11.1 Å². The molecule has 2 aromatic heterocycles. The summed E-state index contributed by atoms with van der Waals surface area (Å²) >= 11 is 13.3. The lowest BCUT2D eigenvalue weighted by molar-refractivity contribution is -0.117. The molecule has 0 aliphatic carbocycles. The highest BCUT2D eigenvalue weighted by atomic mass is 35.5. The summed E-state index contributed by atoms with van der Waals surface area (Å²) in [4.78, 5) is 48.2. The first-order chi connectivity index (χ1) is 22.6. The number of aromatic nitrogens is 2. The van der Waals surface area contributed by atoms with Gasteiger partial charge in [0.05, 0.1) is 35.6 Å². The standard InChI is InChI=1S/C34H30Cl2N6O5/c1-19-16-28(46-3)22-7-5-9-27(32(22)40-19)47-18-23-24(35)10-11-26(31(23)36)42(2)29(43)17-39-34(45)41-25-8-4-6-21(30(25)33(37)44)20-12-14-38-15-13-20/h4-16H,17-18H2,1-3H3,(H2,37,44)(H2,39,41,45). The van der Waals surface area contributed by atoms with E-state index in [2.05, 4.69) is 20.6 Å². The number of carbonyl (C=O) groups excluding carboxylic acids is 3. The van der Waals surface area contributed by atoms with Crippen LogP contribution in [-0.2, 0) is 11.4 Å². The Hall–Kier alpha value is -5.39. The number of para-hydroxylation sites is 1. The predicted molar refractivity (Wildman–Crippen MR) is 182 cm³/mol. The van der Waals surface area contributed by atoms with Crippen LogP contribution in [0.25, 0.3) is 22.0 Å². The maximum atomic E-state index is 13.1. The number of pyridine rings is 2. The highest BCUT2D eigenvalue weighted by Gasteiger charge is 2.21. The van der Waals surface area contributed by atoms with Crippen molar-refractivity contribution < 1.29 is 23.9 Å². The molecule has 0 saturated carbocycles. The predicted octanol–water partition coefficient (Wildman–Crippen LogP) is 6.38. The first kappa shape index (κ1) is 33.0. The van der Waals surface area contributed by atoms with Crippen LogP contribution in [0.3, 0.4) is 0 Å². The molecule has 2 heterocycles. The number of carbonyl (C=O) groups is 3. The van der Waals surface area contributed by atoms with Gasteiger partial charge in [0.2, 0.25) is 5.91 Å². The number of primary amides is 1. The van der Waals surface area contributed by atoms with Crippen molar-refractivity contribution in [1.29, 1.82) is 0 Å². The molecule has 0 bridgehead atoms. The summed E-state index contributed by atoms with van der Waals surface area (Å²) in [6.45, 7) is 1.47. The Bertz CT molecular complexity index is 1990. The zero-order valence-corrected chi connectivity index (χ0v) is 27.1. The Morgan fingerprint density at radius 3 is 2.45 bits per heavy atom. The number of methoxy groups -OCH3 is 1. The van der Waals surface area contributed by atoms with Gasteiger partial charge in [0.1, 0.15) is 23.6 Å². The fourth-order valence-corrected chi connectivity index (χ4v) is 5.60. The molecule has 5 aromatic rings. The van der Waals surface area contributed by atoms with E-state index in [1.807, 2.05) is 25.1 Å². The van der Waals surface area contributed by atoms with E-state index in [4.69, 9.17) is 38.4 Å². The van der Waals surface area contributed by atoms with Crippen molar-refractivity contribution in [2.24, 2.45) is 5.73 Å². The van der Waals surface area contributed by atoms with Gasteiger partial charge in [-0.1, -0.05) is 41.4 Å². The number of nitrogens with two attached hydrogens (primary N) is 1. The quantitative estimate of drug-likeness (QED) is 0.156. The van der Waals surface area contributed by atoms with Crippen LogP contribution >= 0.6 is 23.2 Å². The van der Waals surface area contributed by atoms with Gasteiger partial charge in [-0.3, -0.25) is 14.6 Å². The lowest BCUT2D eigenvalue weighted by Gasteiger charge is -2.21. The number of aryl methyl sites for hydroxylation is 1. The molecule has 11 nitrogen and oxygen atoms in total. The van der Waals surface area contributed by atoms with E-state index in [1.54, 1.807) is 68.0 Å². The summed E-state index contributed by atoms with van der Waals surface area (Å²) < 4.78 is 11.6. The van der Waals surface area contributed by atoms with Crippen LogP contribution in [0.2, 0.25) is 10.0 Å². The molecule has 0 unspecified atom stereocenters. The Morgan fingerprint density at radius 1 is 0.979 bits per heavy atom. The average molecular weight is 674 g/mol. The van der Waals surface area contributed by atoms with Crippen LogP contribution in [0, 0.1) is 6.92 Å². The number of fused-ring (bicyclic) bond motifs is 1. The van der Waals surface area contributed by atoms with Crippen molar-refractivity contribution in [3.63, 3.8) is 0 Å². The third-order valence-electron chi connectivity index (χ3n) is 7.34. The fourth-order valence-electron chi connectivity index (χ4n) is 4.99. The molecule has 240 valence electrons. The molecule has 0 spiro atoms. The summed E-state index contributed by atoms with van der Waals surface area (Å²) in [5.74, 6) is -0.0253. The van der Waals surface area contributed by atoms with Crippen molar-refractivity contribution in [3.05, 3.63) is 106 Å². The number of nitrogens with one attached hydrogen (secondary N) is 2. The van der Waals surface area contributed by atoms with Crippen LogP contribution in [0.4, 0.5) is 16.2 Å². The van der Waals surface area contributed by atoms with Crippen molar-refractivity contribution in [1.82, 2.24) is 15.3 Å². The van der Waals surface area contributed by atoms with Gasteiger partial charge in [-0.2, -0.15) is 0 Å². The maximum absolute atomic E-state index is 13.1. The van der Waals surface area contributed by atoms with Crippen LogP contribution < -0.4 is 30.7 Å². The number of hydrogen-bond donors (Lipinski definition) is 3. The second kappa shape index (κ2) is 14.4. The SMILES string of the molecule is COc1cc(C)nc2c(OCc3c(Cl)ccc(N(C)C(=O)CNC(=O)Nc4cccc(-c5ccncc5)c4C(N)=O)c3Cl)cccc12. The number of likely N-dealkylation sites (N-methyl/N-ethyl adjacent to an activating group) is 1. The highest BCUT2D eigenvalue weighted by molar-refractivity contribution is 6.38. The van der Waals surface area contributed by atoms with Gasteiger partial charge in [-0.15, -0.1) is 0 Å². The van der Waals surface area contributed by atoms with E-state index in [0.29, 0.717) is 44.4 Å². The largest absolute Gasteiger partial charge is 0.496 e. The normalized spacial score (nSPS) is 10.7. The minimum Gasteiger partial charge on any atom is -0.496 e. The van der Waals surface area contributed by atoms with E-state index in [1.165, 1.54) is 11.9 Å². The summed E-state index contributed by atoms with van der Waals surface area (Å²) in [6, 6.07) is 18.2. The van der Waals surface area contributed by atoms with Crippen LogP contribution in [-0.4, -0.2) is 48.5 Å². The molecule has 13 heteroatoms. The lowest BCUT2D eigenvalue weighted by atomic mass is 9.98. The zero-order chi connectivity index (χ0) is 33.7. The molecule has 4 amide bonds. The Labute approximate surface area is 280 Å². The number of halogens is 2. The third-order valence-corrected chi connectivity index (χ3v) is 8.11. The Balaban J connectivity index is 1.27. The molecule has 0 atom stereocenters. The van der Waals surface area contributed by atoms with Crippen molar-refractivity contribution in [3.8, 4) is 22.6 Å². The van der Waals surface area contributed by atoms with Crippen LogP contribution in [0.1, 0.15) is 21.6 Å². The number of nitrogens with zero attached hydrogens (tertiary/aromatic N) is 3. The van der Waals surface area contributed by atoms with Gasteiger partial charge in [0, 0.05) is 47.2 Å². The molecule has 47 heavy (non-hydrogen) atoms. The molecule has 3 aromatic carbocycles. The summed E-state index contributed by atoms with van der Waals surface area (Å²) in [5.41, 5.74) is 9.39. The second-order valence-electron chi connectivity index (χ2n) is 10.4. The Morgan fingerprint density at radius 2 is 1.72 bits per heavy atom. The molecule has 0 aliphatic rings. The van der Waals surface area contributed by atoms with Crippen LogP contribution in [0.15, 0.2) is 79.1 Å². The van der Waals surface area contributed by atoms with E-state index < -0.39 is 17.8 Å². The van der Waals surface area contributed by atoms with Crippen molar-refractivity contribution in [2.45, 2.75) is 13.5 Å². The van der Waals surface area contributed by atoms with Gasteiger partial charge < -0.3 is 30.7 Å². The number of urea groups is 1. The molecule has 4 N–H and O–H groups in total. The topological polar surface area (TPSA) is 149 Å². The zero-order valence-electron chi connectivity index (χ0n) is 25.6. The van der Waals surface area contributed by atoms with Gasteiger partial charge in [-0.05, 0) is 60.5 Å². The van der Waals surface area contributed by atoms with E-state index in [9.17, 15) is 14.4 Å². The summed E-state index contributed by atoms with van der Waals surface area (Å²) in [6.07, 6.45) is 3.16. The highest BCUT2D eigenvalue weighted by Crippen LogP contribution is 2.36. The third kappa shape index (κ3) is 7.21. The summed E-state index contributed by atoms with van der Waals surface area (Å²) in [5, 5.41) is 6.47. The lowest BCUT2D eigenvalue weighted by Crippen LogP contribution is -2.40. The first-order valence-corrected chi connectivity index (χ1v) is 15.0. The van der Waals surface area contributed by atoms with Gasteiger partial charge in [-0.25, -0.2) is 9.78 Å². The number of amides is 4. The average Bonchev–Trinajstić information content (AvgIpc) is 3.06. The van der Waals surface area contributed by atoms with E-state index in [-0.39, 0.29) is 29.4 Å². The number of hydrogen-bond acceptors (Lipinski definition) is 7. The molecule has 0 aliphatic heterocycles. The maximum Gasteiger partial charge on any atom is 0.319 e. The molecular formula is C34H30Cl2N6O5. The number of rotatable bonds is 10. The molecule has 0 fully saturated rings.